The number of allylic oxidation sites excluding steroid dienone is 1. The zero-order valence-corrected chi connectivity index (χ0v) is 23.5. The number of nitrogens with one attached hydrogen (secondary N) is 1. The lowest BCUT2D eigenvalue weighted by molar-refractivity contribution is -0.185. The smallest absolute Gasteiger partial charge is 0.387 e. The van der Waals surface area contributed by atoms with Crippen LogP contribution >= 0.6 is 23.9 Å². The molecule has 0 radical (unpaired) electrons. The van der Waals surface area contributed by atoms with E-state index in [-0.39, 0.29) is 4.90 Å². The molecule has 6 atom stereocenters. The second kappa shape index (κ2) is 13.5. The van der Waals surface area contributed by atoms with E-state index in [1.807, 2.05) is 0 Å². The molecule has 0 bridgehead atoms. The van der Waals surface area contributed by atoms with Gasteiger partial charge in [0.1, 0.15) is 18.3 Å². The zero-order chi connectivity index (χ0) is 31.5. The predicted octanol–water partition coefficient (Wildman–Crippen LogP) is -0.0868. The van der Waals surface area contributed by atoms with Gasteiger partial charge in [-0.3, -0.25) is 23.7 Å². The Labute approximate surface area is 227 Å². The molecule has 0 aromatic carbocycles. The first kappa shape index (κ1) is 35.1. The van der Waals surface area contributed by atoms with Crippen molar-refractivity contribution in [1.29, 1.82) is 0 Å². The van der Waals surface area contributed by atoms with Crippen molar-refractivity contribution in [2.45, 2.75) is 51.1 Å². The highest BCUT2D eigenvalue weighted by molar-refractivity contribution is 7.64. The van der Waals surface area contributed by atoms with Gasteiger partial charge in [-0.1, -0.05) is 11.6 Å². The van der Waals surface area contributed by atoms with Gasteiger partial charge in [-0.25, -0.2) is 13.9 Å². The molecule has 1 aromatic rings. The molecule has 6 N–H and O–H groups in total. The number of halogens is 3. The first-order chi connectivity index (χ1) is 18.6. The van der Waals surface area contributed by atoms with E-state index < -0.39 is 97.0 Å². The number of aromatic amines is 1. The van der Waals surface area contributed by atoms with E-state index in [0.717, 1.165) is 0 Å². The van der Waals surface area contributed by atoms with Gasteiger partial charge in [-0.05, 0) is 18.2 Å². The zero-order valence-electron chi connectivity index (χ0n) is 20.8. The Hall–Kier alpha value is -2.12. The van der Waals surface area contributed by atoms with Gasteiger partial charge in [0, 0.05) is 17.3 Å². The molecular weight excluding hydrogens is 636 g/mol. The second-order valence-electron chi connectivity index (χ2n) is 8.47. The van der Waals surface area contributed by atoms with Gasteiger partial charge in [0.15, 0.2) is 6.23 Å². The average Bonchev–Trinajstić information content (AvgIpc) is 3.07. The minimum Gasteiger partial charge on any atom is -0.387 e. The first-order valence-corrected chi connectivity index (χ1v) is 15.0. The summed E-state index contributed by atoms with van der Waals surface area (Å²) in [5.74, 6) is -2.30. The van der Waals surface area contributed by atoms with E-state index in [2.05, 4.69) is 13.1 Å². The molecule has 18 nitrogen and oxygen atoms in total. The Morgan fingerprint density at radius 2 is 1.85 bits per heavy atom. The van der Waals surface area contributed by atoms with Crippen molar-refractivity contribution >= 4 is 29.8 Å². The van der Waals surface area contributed by atoms with Crippen molar-refractivity contribution in [2.75, 3.05) is 13.2 Å². The Balaban J connectivity index is 2.35. The summed E-state index contributed by atoms with van der Waals surface area (Å²) < 4.78 is 91.3. The molecule has 1 fully saturated rings. The largest absolute Gasteiger partial charge is 0.705 e. The molecule has 2 rings (SSSR count). The van der Waals surface area contributed by atoms with E-state index in [1.165, 1.54) is 6.08 Å². The molecule has 24 heteroatoms. The van der Waals surface area contributed by atoms with Crippen LogP contribution in [0.3, 0.4) is 0 Å². The van der Waals surface area contributed by atoms with Crippen LogP contribution in [0.5, 0.6) is 0 Å². The van der Waals surface area contributed by atoms with Crippen LogP contribution in [-0.2, 0) is 42.9 Å². The molecule has 0 aliphatic carbocycles. The molecule has 0 spiro atoms. The normalized spacial score (nSPS) is 23.1. The van der Waals surface area contributed by atoms with E-state index in [1.54, 1.807) is 18.8 Å². The fourth-order valence-electron chi connectivity index (χ4n) is 3.26. The standard InChI is InChI=1S/C17H23F3N3O15P3/c1-8(2)3-4-22(15(27)17(18,19)20)5-9-6-23(16(28)21-13(9)26)14-12(25)11(24)10(36-14)7-35-41(34,37-39(29)30)38-40(31,32)33/h3,6,10-12,14,24-25H,4-5,7H2,1-2H3,(H3-,21,26,28,29,30,31,32,33)/p+1/t10-,11?,12+,14-,41?/m1/s1. The molecule has 1 saturated heterocycles. The minimum absolute atomic E-state index is 0.258. The highest BCUT2D eigenvalue weighted by Gasteiger charge is 2.49. The number of nitrogens with zero attached hydrogens (tertiary/aromatic N) is 2. The highest BCUT2D eigenvalue weighted by atomic mass is 31.3. The molecule has 41 heavy (non-hydrogen) atoms. The van der Waals surface area contributed by atoms with Crippen molar-refractivity contribution in [1.82, 2.24) is 14.5 Å². The molecule has 232 valence electrons. The minimum atomic E-state index is -5.64. The van der Waals surface area contributed by atoms with E-state index in [0.29, 0.717) is 16.3 Å². The van der Waals surface area contributed by atoms with Crippen molar-refractivity contribution in [3.05, 3.63) is 44.2 Å². The lowest BCUT2D eigenvalue weighted by Gasteiger charge is -2.23. The summed E-state index contributed by atoms with van der Waals surface area (Å²) in [5, 5.41) is 20.7. The van der Waals surface area contributed by atoms with Crippen LogP contribution < -0.4 is 11.2 Å². The predicted molar refractivity (Wildman–Crippen MR) is 126 cm³/mol. The topological polar surface area (TPSA) is 264 Å². The Kier molecular flexibility index (Phi) is 11.5. The number of rotatable bonds is 12. The van der Waals surface area contributed by atoms with Crippen molar-refractivity contribution in [3.63, 3.8) is 0 Å². The number of H-pyrrole nitrogens is 1. The number of carbonyl (C=O) groups excluding carboxylic acids is 1. The molecule has 1 aromatic heterocycles. The van der Waals surface area contributed by atoms with Gasteiger partial charge in [-0.2, -0.15) is 17.5 Å². The van der Waals surface area contributed by atoms with Gasteiger partial charge in [0.05, 0.1) is 18.7 Å². The maximum atomic E-state index is 13.1. The van der Waals surface area contributed by atoms with E-state index in [9.17, 15) is 51.5 Å². The number of carbonyl (C=O) groups is 1. The van der Waals surface area contributed by atoms with Gasteiger partial charge in [0.25, 0.3) is 5.56 Å². The van der Waals surface area contributed by atoms with Gasteiger partial charge in [0.2, 0.25) is 0 Å². The number of hydrogen-bond acceptors (Lipinski definition) is 12. The SMILES string of the molecule is CC(C)=CCN(Cc1cn([C@@H]2O[C@H](COP(=O)(O[P+](=O)O)OP(=O)(O)O)C(O)[C@@H]2O)c(=O)[nH]c1=O)C(=O)C(F)(F)F. The molecule has 0 saturated carbocycles. The maximum absolute atomic E-state index is 13.1. The number of alkyl halides is 3. The lowest BCUT2D eigenvalue weighted by Crippen LogP contribution is -2.43. The Bertz CT molecular complexity index is 1390. The fourth-order valence-corrected chi connectivity index (χ4v) is 6.09. The van der Waals surface area contributed by atoms with Crippen LogP contribution in [0.2, 0.25) is 0 Å². The number of amides is 1. The number of aliphatic hydroxyl groups is 2. The van der Waals surface area contributed by atoms with Crippen LogP contribution in [0.4, 0.5) is 13.2 Å². The highest BCUT2D eigenvalue weighted by Crippen LogP contribution is 2.64. The Morgan fingerprint density at radius 1 is 1.24 bits per heavy atom. The summed E-state index contributed by atoms with van der Waals surface area (Å²) >= 11 is 0. The van der Waals surface area contributed by atoms with Crippen LogP contribution in [0.25, 0.3) is 0 Å². The number of ether oxygens (including phenoxy) is 1. The third-order valence-electron chi connectivity index (χ3n) is 5.04. The summed E-state index contributed by atoms with van der Waals surface area (Å²) in [4.78, 5) is 65.1. The fraction of sp³-hybridized carbons (Fsp3) is 0.588. The quantitative estimate of drug-likeness (QED) is 0.126. The molecule has 3 unspecified atom stereocenters. The number of hydrogen-bond donors (Lipinski definition) is 6. The van der Waals surface area contributed by atoms with Gasteiger partial charge < -0.3 is 29.6 Å². The number of phosphoric acid groups is 2. The molecule has 2 heterocycles. The summed E-state index contributed by atoms with van der Waals surface area (Å²) in [6.45, 7) is 0.352. The van der Waals surface area contributed by atoms with E-state index >= 15 is 0 Å². The lowest BCUT2D eigenvalue weighted by atomic mass is 10.1. The average molecular weight is 660 g/mol. The van der Waals surface area contributed by atoms with Crippen LogP contribution in [0, 0.1) is 0 Å². The second-order valence-corrected chi connectivity index (χ2v) is 12.4. The van der Waals surface area contributed by atoms with Crippen molar-refractivity contribution in [2.24, 2.45) is 0 Å². The monoisotopic (exact) mass is 660 g/mol. The van der Waals surface area contributed by atoms with Crippen LogP contribution in [-0.4, -0.2) is 82.9 Å². The molecule has 1 aliphatic rings. The summed E-state index contributed by atoms with van der Waals surface area (Å²) in [6, 6.07) is 0. The van der Waals surface area contributed by atoms with Gasteiger partial charge >= 0.3 is 41.7 Å². The van der Waals surface area contributed by atoms with E-state index in [4.69, 9.17) is 19.4 Å². The third-order valence-corrected chi connectivity index (χ3v) is 8.51. The molecular formula is C17H24F3N3O15P3+. The first-order valence-electron chi connectivity index (χ1n) is 10.9. The van der Waals surface area contributed by atoms with Crippen molar-refractivity contribution in [3.8, 4) is 0 Å². The van der Waals surface area contributed by atoms with Crippen LogP contribution in [0.1, 0.15) is 25.6 Å². The van der Waals surface area contributed by atoms with Crippen LogP contribution in [0.15, 0.2) is 27.4 Å². The number of aromatic nitrogens is 2. The van der Waals surface area contributed by atoms with Gasteiger partial charge in [-0.15, -0.1) is 4.89 Å². The summed E-state index contributed by atoms with van der Waals surface area (Å²) in [5.41, 5.74) is -2.51. The third kappa shape index (κ3) is 9.99. The maximum Gasteiger partial charge on any atom is 0.705 e. The summed E-state index contributed by atoms with van der Waals surface area (Å²) in [6.07, 6.45) is -11.1. The summed E-state index contributed by atoms with van der Waals surface area (Å²) in [7, 11) is -14.9. The van der Waals surface area contributed by atoms with Crippen molar-refractivity contribution < 1.29 is 74.4 Å². The number of aliphatic hydroxyl groups excluding tert-OH is 2. The molecule has 1 amide bonds. The molecule has 1 aliphatic heterocycles. The Morgan fingerprint density at radius 3 is 2.37 bits per heavy atom.